The highest BCUT2D eigenvalue weighted by molar-refractivity contribution is 9.10. The molecule has 2 rings (SSSR count). The molecule has 1 heterocycles. The molecule has 1 aromatic carbocycles. The standard InChI is InChI=1S/C11H11BrN4O/c1-6-3-8(12)5-9(4-6)14-11(17)10-13-7(2)15-16-10/h3-5H,1-2H3,(H,14,17)(H,13,15,16). The summed E-state index contributed by atoms with van der Waals surface area (Å²) < 4.78 is 0.916. The number of carbonyl (C=O) groups excluding carboxylic acids is 1. The summed E-state index contributed by atoms with van der Waals surface area (Å²) in [6.07, 6.45) is 0. The molecule has 5 nitrogen and oxygen atoms in total. The van der Waals surface area contributed by atoms with Crippen LogP contribution in [0.2, 0.25) is 0 Å². The number of aromatic nitrogens is 3. The number of nitrogens with one attached hydrogen (secondary N) is 2. The molecule has 88 valence electrons. The van der Waals surface area contributed by atoms with E-state index in [9.17, 15) is 4.79 Å². The Balaban J connectivity index is 2.18. The van der Waals surface area contributed by atoms with Crippen molar-refractivity contribution < 1.29 is 4.79 Å². The maximum atomic E-state index is 11.8. The Hall–Kier alpha value is -1.69. The number of carbonyl (C=O) groups is 1. The van der Waals surface area contributed by atoms with Gasteiger partial charge in [-0.1, -0.05) is 15.9 Å². The van der Waals surface area contributed by atoms with E-state index in [1.54, 1.807) is 6.92 Å². The summed E-state index contributed by atoms with van der Waals surface area (Å²) >= 11 is 3.37. The molecule has 1 amide bonds. The lowest BCUT2D eigenvalue weighted by Gasteiger charge is -2.04. The molecule has 2 N–H and O–H groups in total. The SMILES string of the molecule is Cc1cc(Br)cc(NC(=O)c2n[nH]c(C)n2)c1. The van der Waals surface area contributed by atoms with E-state index in [1.807, 2.05) is 25.1 Å². The molecule has 0 aliphatic carbocycles. The number of nitrogens with zero attached hydrogens (tertiary/aromatic N) is 2. The van der Waals surface area contributed by atoms with Gasteiger partial charge in [0.25, 0.3) is 5.91 Å². The first-order valence-electron chi connectivity index (χ1n) is 5.02. The summed E-state index contributed by atoms with van der Waals surface area (Å²) in [6, 6.07) is 5.67. The van der Waals surface area contributed by atoms with E-state index in [1.165, 1.54) is 0 Å². The average Bonchev–Trinajstić information content (AvgIpc) is 2.63. The van der Waals surface area contributed by atoms with Gasteiger partial charge in [0, 0.05) is 10.2 Å². The van der Waals surface area contributed by atoms with Crippen LogP contribution in [-0.4, -0.2) is 21.1 Å². The van der Waals surface area contributed by atoms with E-state index < -0.39 is 0 Å². The molecule has 0 unspecified atom stereocenters. The lowest BCUT2D eigenvalue weighted by Crippen LogP contribution is -2.13. The van der Waals surface area contributed by atoms with Crippen LogP contribution < -0.4 is 5.32 Å². The van der Waals surface area contributed by atoms with Crippen LogP contribution in [0.15, 0.2) is 22.7 Å². The lowest BCUT2D eigenvalue weighted by atomic mass is 10.2. The van der Waals surface area contributed by atoms with E-state index in [0.29, 0.717) is 11.5 Å². The number of benzene rings is 1. The zero-order chi connectivity index (χ0) is 12.4. The van der Waals surface area contributed by atoms with Crippen LogP contribution in [0.5, 0.6) is 0 Å². The molecule has 0 aliphatic rings. The van der Waals surface area contributed by atoms with Crippen LogP contribution in [0.3, 0.4) is 0 Å². The van der Waals surface area contributed by atoms with Gasteiger partial charge >= 0.3 is 0 Å². The zero-order valence-corrected chi connectivity index (χ0v) is 11.0. The van der Waals surface area contributed by atoms with Crippen molar-refractivity contribution >= 4 is 27.5 Å². The minimum atomic E-state index is -0.327. The van der Waals surface area contributed by atoms with Crippen LogP contribution >= 0.6 is 15.9 Å². The fourth-order valence-electron chi connectivity index (χ4n) is 1.44. The molecule has 17 heavy (non-hydrogen) atoms. The number of rotatable bonds is 2. The maximum Gasteiger partial charge on any atom is 0.295 e. The molecule has 2 aromatic rings. The van der Waals surface area contributed by atoms with Crippen LogP contribution in [-0.2, 0) is 0 Å². The summed E-state index contributed by atoms with van der Waals surface area (Å²) in [5.41, 5.74) is 1.77. The van der Waals surface area contributed by atoms with Gasteiger partial charge in [0.15, 0.2) is 0 Å². The van der Waals surface area contributed by atoms with Crippen molar-refractivity contribution in [3.63, 3.8) is 0 Å². The molecular weight excluding hydrogens is 284 g/mol. The van der Waals surface area contributed by atoms with Crippen molar-refractivity contribution in [2.24, 2.45) is 0 Å². The van der Waals surface area contributed by atoms with Gasteiger partial charge in [-0.05, 0) is 37.6 Å². The van der Waals surface area contributed by atoms with E-state index in [2.05, 4.69) is 36.4 Å². The number of aromatic amines is 1. The summed E-state index contributed by atoms with van der Waals surface area (Å²) in [4.78, 5) is 15.7. The van der Waals surface area contributed by atoms with Gasteiger partial charge < -0.3 is 5.32 Å². The van der Waals surface area contributed by atoms with Crippen LogP contribution in [0.1, 0.15) is 22.0 Å². The zero-order valence-electron chi connectivity index (χ0n) is 9.41. The molecule has 0 radical (unpaired) electrons. The fourth-order valence-corrected chi connectivity index (χ4v) is 2.05. The first-order valence-corrected chi connectivity index (χ1v) is 5.81. The Kier molecular flexibility index (Phi) is 3.23. The van der Waals surface area contributed by atoms with Gasteiger partial charge in [-0.3, -0.25) is 9.89 Å². The summed E-state index contributed by atoms with van der Waals surface area (Å²) in [5.74, 6) is 0.424. The van der Waals surface area contributed by atoms with Gasteiger partial charge in [-0.2, -0.15) is 0 Å². The van der Waals surface area contributed by atoms with E-state index in [-0.39, 0.29) is 11.7 Å². The van der Waals surface area contributed by atoms with Gasteiger partial charge in [-0.15, -0.1) is 5.10 Å². The molecule has 0 aliphatic heterocycles. The third kappa shape index (κ3) is 2.91. The molecule has 1 aromatic heterocycles. The molecule has 6 heteroatoms. The Morgan fingerprint density at radius 1 is 1.35 bits per heavy atom. The Labute approximate surface area is 107 Å². The normalized spacial score (nSPS) is 10.3. The van der Waals surface area contributed by atoms with Crippen molar-refractivity contribution in [2.45, 2.75) is 13.8 Å². The van der Waals surface area contributed by atoms with Gasteiger partial charge in [0.2, 0.25) is 5.82 Å². The highest BCUT2D eigenvalue weighted by Crippen LogP contribution is 2.19. The largest absolute Gasteiger partial charge is 0.319 e. The second-order valence-corrected chi connectivity index (χ2v) is 4.63. The second kappa shape index (κ2) is 4.67. The van der Waals surface area contributed by atoms with E-state index in [0.717, 1.165) is 10.0 Å². The average molecular weight is 295 g/mol. The van der Waals surface area contributed by atoms with Crippen LogP contribution in [0, 0.1) is 13.8 Å². The molecule has 0 atom stereocenters. The Bertz CT molecular complexity index is 544. The topological polar surface area (TPSA) is 70.7 Å². The van der Waals surface area contributed by atoms with Crippen molar-refractivity contribution in [2.75, 3.05) is 5.32 Å². The van der Waals surface area contributed by atoms with Crippen LogP contribution in [0.25, 0.3) is 0 Å². The molecule has 0 saturated heterocycles. The summed E-state index contributed by atoms with van der Waals surface area (Å²) in [6.45, 7) is 3.70. The van der Waals surface area contributed by atoms with Gasteiger partial charge in [0.1, 0.15) is 5.82 Å². The smallest absolute Gasteiger partial charge is 0.295 e. The first-order chi connectivity index (χ1) is 8.04. The third-order valence-electron chi connectivity index (χ3n) is 2.10. The number of anilines is 1. The lowest BCUT2D eigenvalue weighted by molar-refractivity contribution is 0.101. The number of amides is 1. The quantitative estimate of drug-likeness (QED) is 0.894. The summed E-state index contributed by atoms with van der Waals surface area (Å²) in [7, 11) is 0. The predicted molar refractivity (Wildman–Crippen MR) is 68.0 cm³/mol. The van der Waals surface area contributed by atoms with Crippen molar-refractivity contribution in [1.29, 1.82) is 0 Å². The number of halogens is 1. The molecule has 0 spiro atoms. The van der Waals surface area contributed by atoms with Crippen molar-refractivity contribution in [3.8, 4) is 0 Å². The Morgan fingerprint density at radius 2 is 2.12 bits per heavy atom. The van der Waals surface area contributed by atoms with E-state index in [4.69, 9.17) is 0 Å². The van der Waals surface area contributed by atoms with Crippen molar-refractivity contribution in [3.05, 3.63) is 39.9 Å². The van der Waals surface area contributed by atoms with Gasteiger partial charge in [0.05, 0.1) is 0 Å². The molecule has 0 bridgehead atoms. The molecule has 0 fully saturated rings. The molecular formula is C11H11BrN4O. The minimum absolute atomic E-state index is 0.139. The molecule has 0 saturated carbocycles. The highest BCUT2D eigenvalue weighted by Gasteiger charge is 2.11. The number of H-pyrrole nitrogens is 1. The number of aryl methyl sites for hydroxylation is 2. The van der Waals surface area contributed by atoms with Crippen molar-refractivity contribution in [1.82, 2.24) is 15.2 Å². The predicted octanol–water partition coefficient (Wildman–Crippen LogP) is 2.44. The second-order valence-electron chi connectivity index (χ2n) is 3.72. The maximum absolute atomic E-state index is 11.8. The third-order valence-corrected chi connectivity index (χ3v) is 2.56. The summed E-state index contributed by atoms with van der Waals surface area (Å²) in [5, 5.41) is 9.16. The fraction of sp³-hybridized carbons (Fsp3) is 0.182. The Morgan fingerprint density at radius 3 is 2.71 bits per heavy atom. The first kappa shape index (κ1) is 11.8. The number of hydrogen-bond acceptors (Lipinski definition) is 3. The minimum Gasteiger partial charge on any atom is -0.319 e. The van der Waals surface area contributed by atoms with E-state index >= 15 is 0 Å². The number of hydrogen-bond donors (Lipinski definition) is 2. The van der Waals surface area contributed by atoms with Crippen LogP contribution in [0.4, 0.5) is 5.69 Å². The van der Waals surface area contributed by atoms with Gasteiger partial charge in [-0.25, -0.2) is 4.98 Å². The monoisotopic (exact) mass is 294 g/mol. The highest BCUT2D eigenvalue weighted by atomic mass is 79.9.